The molecule has 1 atom stereocenters. The molecule has 2 amide bonds. The van der Waals surface area contributed by atoms with Gasteiger partial charge in [0.05, 0.1) is 13.2 Å². The maximum absolute atomic E-state index is 12.7. The van der Waals surface area contributed by atoms with Crippen LogP contribution in [0.15, 0.2) is 30.6 Å². The monoisotopic (exact) mass is 341 g/mol. The number of ether oxygens (including phenoxy) is 1. The van der Waals surface area contributed by atoms with Crippen LogP contribution < -0.4 is 5.32 Å². The fourth-order valence-electron chi connectivity index (χ4n) is 3.67. The first-order valence-electron chi connectivity index (χ1n) is 8.86. The molecule has 0 bridgehead atoms. The molecule has 0 spiro atoms. The SMILES string of the molecule is CCn1cnnc1C1CN(C(=O)NC2Cc3ccccc3C2)CCO1. The summed E-state index contributed by atoms with van der Waals surface area (Å²) in [7, 11) is 0. The number of urea groups is 1. The molecule has 2 aliphatic rings. The second-order valence-electron chi connectivity index (χ2n) is 6.60. The van der Waals surface area contributed by atoms with E-state index in [0.29, 0.717) is 19.7 Å². The fraction of sp³-hybridized carbons (Fsp3) is 0.500. The van der Waals surface area contributed by atoms with Crippen molar-refractivity contribution in [2.24, 2.45) is 0 Å². The number of aryl methyl sites for hydroxylation is 1. The number of nitrogens with one attached hydrogen (secondary N) is 1. The summed E-state index contributed by atoms with van der Waals surface area (Å²) in [6, 6.07) is 8.55. The number of hydrogen-bond donors (Lipinski definition) is 1. The highest BCUT2D eigenvalue weighted by atomic mass is 16.5. The van der Waals surface area contributed by atoms with Crippen LogP contribution in [0.1, 0.15) is 30.0 Å². The number of nitrogens with zero attached hydrogens (tertiary/aromatic N) is 4. The zero-order valence-electron chi connectivity index (χ0n) is 14.4. The number of hydrogen-bond acceptors (Lipinski definition) is 4. The van der Waals surface area contributed by atoms with Crippen LogP contribution in [-0.2, 0) is 24.1 Å². The van der Waals surface area contributed by atoms with E-state index >= 15 is 0 Å². The van der Waals surface area contributed by atoms with Crippen molar-refractivity contribution in [1.29, 1.82) is 0 Å². The molecule has 4 rings (SSSR count). The topological polar surface area (TPSA) is 72.3 Å². The van der Waals surface area contributed by atoms with Gasteiger partial charge in [-0.3, -0.25) is 0 Å². The molecular formula is C18H23N5O2. The molecule has 7 nitrogen and oxygen atoms in total. The van der Waals surface area contributed by atoms with Crippen LogP contribution in [0.3, 0.4) is 0 Å². The summed E-state index contributed by atoms with van der Waals surface area (Å²) < 4.78 is 7.78. The van der Waals surface area contributed by atoms with Gasteiger partial charge in [0.15, 0.2) is 5.82 Å². The third-order valence-corrected chi connectivity index (χ3v) is 5.01. The minimum absolute atomic E-state index is 0.0198. The molecule has 1 aromatic carbocycles. The average molecular weight is 341 g/mol. The van der Waals surface area contributed by atoms with Crippen molar-refractivity contribution < 1.29 is 9.53 Å². The smallest absolute Gasteiger partial charge is 0.317 e. The molecule has 1 aliphatic carbocycles. The lowest BCUT2D eigenvalue weighted by molar-refractivity contribution is -0.0220. The zero-order valence-corrected chi connectivity index (χ0v) is 14.4. The first kappa shape index (κ1) is 16.1. The molecule has 1 aromatic heterocycles. The number of amides is 2. The maximum atomic E-state index is 12.7. The highest BCUT2D eigenvalue weighted by molar-refractivity contribution is 5.75. The van der Waals surface area contributed by atoms with Crippen LogP contribution in [0.4, 0.5) is 4.79 Å². The lowest BCUT2D eigenvalue weighted by Gasteiger charge is -2.33. The molecule has 2 aromatic rings. The highest BCUT2D eigenvalue weighted by Crippen LogP contribution is 2.23. The van der Waals surface area contributed by atoms with E-state index in [1.807, 2.05) is 16.4 Å². The van der Waals surface area contributed by atoms with Gasteiger partial charge in [-0.1, -0.05) is 24.3 Å². The van der Waals surface area contributed by atoms with Crippen LogP contribution in [0, 0.1) is 0 Å². The second-order valence-corrected chi connectivity index (χ2v) is 6.60. The Labute approximate surface area is 147 Å². The Bertz CT molecular complexity index is 734. The summed E-state index contributed by atoms with van der Waals surface area (Å²) in [6.45, 7) is 4.44. The predicted octanol–water partition coefficient (Wildman–Crippen LogP) is 1.55. The first-order chi connectivity index (χ1) is 12.2. The molecule has 1 unspecified atom stereocenters. The van der Waals surface area contributed by atoms with Crippen molar-refractivity contribution in [3.63, 3.8) is 0 Å². The molecule has 0 saturated carbocycles. The van der Waals surface area contributed by atoms with Crippen molar-refractivity contribution in [2.45, 2.75) is 38.5 Å². The van der Waals surface area contributed by atoms with E-state index in [1.165, 1.54) is 11.1 Å². The van der Waals surface area contributed by atoms with Crippen molar-refractivity contribution in [3.8, 4) is 0 Å². The Hall–Kier alpha value is -2.41. The van der Waals surface area contributed by atoms with Gasteiger partial charge in [-0.05, 0) is 30.9 Å². The van der Waals surface area contributed by atoms with E-state index in [4.69, 9.17) is 4.74 Å². The van der Waals surface area contributed by atoms with Gasteiger partial charge in [0.2, 0.25) is 0 Å². The molecule has 7 heteroatoms. The van der Waals surface area contributed by atoms with Crippen molar-refractivity contribution in [3.05, 3.63) is 47.5 Å². The number of carbonyl (C=O) groups excluding carboxylic acids is 1. The summed E-state index contributed by atoms with van der Waals surface area (Å²) in [5.41, 5.74) is 2.67. The molecule has 1 N–H and O–H groups in total. The van der Waals surface area contributed by atoms with Gasteiger partial charge in [-0.15, -0.1) is 10.2 Å². The molecule has 1 saturated heterocycles. The minimum Gasteiger partial charge on any atom is -0.366 e. The zero-order chi connectivity index (χ0) is 17.2. The van der Waals surface area contributed by atoms with Gasteiger partial charge < -0.3 is 19.5 Å². The Morgan fingerprint density at radius 2 is 2.08 bits per heavy atom. The molecule has 1 fully saturated rings. The average Bonchev–Trinajstić information content (AvgIpc) is 3.27. The number of morpholine rings is 1. The van der Waals surface area contributed by atoms with Crippen LogP contribution >= 0.6 is 0 Å². The molecule has 0 radical (unpaired) electrons. The van der Waals surface area contributed by atoms with E-state index in [2.05, 4.69) is 39.8 Å². The van der Waals surface area contributed by atoms with Gasteiger partial charge in [-0.2, -0.15) is 0 Å². The Morgan fingerprint density at radius 3 is 2.80 bits per heavy atom. The standard InChI is InChI=1S/C18H23N5O2/c1-2-22-12-19-21-17(22)16-11-23(7-8-25-16)18(24)20-15-9-13-5-3-4-6-14(13)10-15/h3-6,12,15-16H,2,7-11H2,1H3,(H,20,24). The number of rotatable bonds is 3. The van der Waals surface area contributed by atoms with E-state index < -0.39 is 0 Å². The summed E-state index contributed by atoms with van der Waals surface area (Å²) in [6.07, 6.45) is 3.29. The second kappa shape index (κ2) is 6.84. The quantitative estimate of drug-likeness (QED) is 0.919. The number of fused-ring (bicyclic) bond motifs is 1. The highest BCUT2D eigenvalue weighted by Gasteiger charge is 2.30. The lowest BCUT2D eigenvalue weighted by Crippen LogP contribution is -2.50. The van der Waals surface area contributed by atoms with Crippen LogP contribution in [0.2, 0.25) is 0 Å². The van der Waals surface area contributed by atoms with Gasteiger partial charge >= 0.3 is 6.03 Å². The minimum atomic E-state index is -0.220. The molecule has 2 heterocycles. The summed E-state index contributed by atoms with van der Waals surface area (Å²) in [4.78, 5) is 14.5. The van der Waals surface area contributed by atoms with Crippen molar-refractivity contribution >= 4 is 6.03 Å². The van der Waals surface area contributed by atoms with Gasteiger partial charge in [0.25, 0.3) is 0 Å². The number of benzene rings is 1. The third-order valence-electron chi connectivity index (χ3n) is 5.01. The molecule has 25 heavy (non-hydrogen) atoms. The Morgan fingerprint density at radius 1 is 1.32 bits per heavy atom. The first-order valence-corrected chi connectivity index (χ1v) is 8.86. The van der Waals surface area contributed by atoms with Crippen LogP contribution in [0.25, 0.3) is 0 Å². The van der Waals surface area contributed by atoms with E-state index in [9.17, 15) is 4.79 Å². The molecule has 132 valence electrons. The van der Waals surface area contributed by atoms with Gasteiger partial charge in [0, 0.05) is 19.1 Å². The van der Waals surface area contributed by atoms with E-state index in [-0.39, 0.29) is 18.2 Å². The third kappa shape index (κ3) is 3.24. The Balaban J connectivity index is 1.38. The lowest BCUT2D eigenvalue weighted by atomic mass is 10.1. The largest absolute Gasteiger partial charge is 0.366 e. The maximum Gasteiger partial charge on any atom is 0.317 e. The fourth-order valence-corrected chi connectivity index (χ4v) is 3.67. The molecule has 1 aliphatic heterocycles. The van der Waals surface area contributed by atoms with Crippen LogP contribution in [-0.4, -0.2) is 51.4 Å². The van der Waals surface area contributed by atoms with Crippen molar-refractivity contribution in [1.82, 2.24) is 25.0 Å². The van der Waals surface area contributed by atoms with Crippen molar-refractivity contribution in [2.75, 3.05) is 19.7 Å². The van der Waals surface area contributed by atoms with Gasteiger partial charge in [-0.25, -0.2) is 4.79 Å². The summed E-state index contributed by atoms with van der Waals surface area (Å²) >= 11 is 0. The normalized spacial score (nSPS) is 20.5. The predicted molar refractivity (Wildman–Crippen MR) is 92.1 cm³/mol. The molecular weight excluding hydrogens is 318 g/mol. The van der Waals surface area contributed by atoms with E-state index in [1.54, 1.807) is 6.33 Å². The van der Waals surface area contributed by atoms with Crippen LogP contribution in [0.5, 0.6) is 0 Å². The number of carbonyl (C=O) groups is 1. The number of aromatic nitrogens is 3. The summed E-state index contributed by atoms with van der Waals surface area (Å²) in [5, 5.41) is 11.3. The van der Waals surface area contributed by atoms with E-state index in [0.717, 1.165) is 25.2 Å². The van der Waals surface area contributed by atoms with Gasteiger partial charge in [0.1, 0.15) is 12.4 Å². The summed E-state index contributed by atoms with van der Waals surface area (Å²) in [5.74, 6) is 0.785. The Kier molecular flexibility index (Phi) is 4.40.